The molecule has 4 nitrogen and oxygen atoms in total. The second-order valence-corrected chi connectivity index (χ2v) is 9.00. The van der Waals surface area contributed by atoms with Crippen molar-refractivity contribution in [2.75, 3.05) is 5.32 Å². The minimum Gasteiger partial charge on any atom is -0.507 e. The lowest BCUT2D eigenvalue weighted by molar-refractivity contribution is 0.102. The molecule has 3 rings (SSSR count). The maximum absolute atomic E-state index is 13.3. The molecule has 1 amide bonds. The third-order valence-corrected chi connectivity index (χ3v) is 6.42. The van der Waals surface area contributed by atoms with Gasteiger partial charge in [0.25, 0.3) is 5.91 Å². The molecule has 0 aromatic heterocycles. The molecule has 1 aliphatic rings. The summed E-state index contributed by atoms with van der Waals surface area (Å²) < 4.78 is 0. The predicted molar refractivity (Wildman–Crippen MR) is 131 cm³/mol. The summed E-state index contributed by atoms with van der Waals surface area (Å²) in [5.41, 5.74) is 4.26. The number of carbonyl (C=O) groups is 1. The zero-order valence-electron chi connectivity index (χ0n) is 19.4. The first-order valence-electron chi connectivity index (χ1n) is 11.6. The first-order valence-corrected chi connectivity index (χ1v) is 11.6. The molecule has 2 aromatic rings. The zero-order chi connectivity index (χ0) is 23.3. The molecular formula is C28H35NO3. The van der Waals surface area contributed by atoms with E-state index in [4.69, 9.17) is 0 Å². The fourth-order valence-electron chi connectivity index (χ4n) is 4.69. The molecule has 0 saturated heterocycles. The van der Waals surface area contributed by atoms with Gasteiger partial charge in [-0.15, -0.1) is 0 Å². The highest BCUT2D eigenvalue weighted by Gasteiger charge is 2.33. The van der Waals surface area contributed by atoms with E-state index in [1.807, 2.05) is 37.3 Å². The van der Waals surface area contributed by atoms with E-state index < -0.39 is 0 Å². The fourth-order valence-corrected chi connectivity index (χ4v) is 4.69. The monoisotopic (exact) mass is 433 g/mol. The van der Waals surface area contributed by atoms with Crippen molar-refractivity contribution in [2.24, 2.45) is 5.92 Å². The van der Waals surface area contributed by atoms with Crippen LogP contribution in [0, 0.1) is 5.92 Å². The zero-order valence-corrected chi connectivity index (χ0v) is 19.4. The number of allylic oxidation sites excluding steroid dienone is 3. The number of rotatable bonds is 8. The topological polar surface area (TPSA) is 69.6 Å². The molecule has 2 atom stereocenters. The number of unbranched alkanes of at least 4 members (excludes halogenated alkanes) is 2. The molecular weight excluding hydrogens is 398 g/mol. The van der Waals surface area contributed by atoms with Gasteiger partial charge < -0.3 is 15.5 Å². The summed E-state index contributed by atoms with van der Waals surface area (Å²) in [6, 6.07) is 10.9. The fraction of sp³-hybridized carbons (Fsp3) is 0.393. The lowest BCUT2D eigenvalue weighted by Crippen LogP contribution is -2.20. The Morgan fingerprint density at radius 1 is 1.19 bits per heavy atom. The van der Waals surface area contributed by atoms with Crippen molar-refractivity contribution in [2.45, 2.75) is 65.2 Å². The van der Waals surface area contributed by atoms with Crippen molar-refractivity contribution in [1.29, 1.82) is 0 Å². The largest absolute Gasteiger partial charge is 0.507 e. The molecule has 2 unspecified atom stereocenters. The number of aryl methyl sites for hydroxylation is 1. The van der Waals surface area contributed by atoms with Gasteiger partial charge in [0, 0.05) is 17.2 Å². The number of anilines is 1. The van der Waals surface area contributed by atoms with Gasteiger partial charge in [-0.3, -0.25) is 4.79 Å². The molecule has 0 heterocycles. The Bertz CT molecular complexity index is 1010. The van der Waals surface area contributed by atoms with Crippen LogP contribution in [0.1, 0.15) is 80.3 Å². The van der Waals surface area contributed by atoms with Gasteiger partial charge in [-0.25, -0.2) is 0 Å². The SMILES string of the molecule is C=C(C)C1CCC(C)=CC1c1c(O)cc(CCCCC)c(C(=O)Nc2ccccc2)c1O. The van der Waals surface area contributed by atoms with E-state index in [1.54, 1.807) is 6.07 Å². The van der Waals surface area contributed by atoms with Crippen molar-refractivity contribution in [3.8, 4) is 11.5 Å². The molecule has 0 saturated carbocycles. The molecule has 2 aromatic carbocycles. The van der Waals surface area contributed by atoms with Crippen LogP contribution in [-0.2, 0) is 6.42 Å². The maximum Gasteiger partial charge on any atom is 0.259 e. The number of amides is 1. The minimum atomic E-state index is -0.357. The van der Waals surface area contributed by atoms with Crippen LogP contribution in [-0.4, -0.2) is 16.1 Å². The van der Waals surface area contributed by atoms with Crippen LogP contribution in [0.3, 0.4) is 0 Å². The third-order valence-electron chi connectivity index (χ3n) is 6.42. The van der Waals surface area contributed by atoms with Crippen LogP contribution in [0.5, 0.6) is 11.5 Å². The Morgan fingerprint density at radius 3 is 2.56 bits per heavy atom. The summed E-state index contributed by atoms with van der Waals surface area (Å²) in [6.07, 6.45) is 7.55. The van der Waals surface area contributed by atoms with E-state index in [0.29, 0.717) is 23.2 Å². The Balaban J connectivity index is 2.11. The number of benzene rings is 2. The van der Waals surface area contributed by atoms with Gasteiger partial charge in [-0.05, 0) is 69.2 Å². The Kier molecular flexibility index (Phi) is 7.79. The van der Waals surface area contributed by atoms with Gasteiger partial charge in [0.2, 0.25) is 0 Å². The van der Waals surface area contributed by atoms with E-state index in [0.717, 1.165) is 37.7 Å². The van der Waals surface area contributed by atoms with E-state index >= 15 is 0 Å². The number of hydrogen-bond acceptors (Lipinski definition) is 3. The highest BCUT2D eigenvalue weighted by Crippen LogP contribution is 2.48. The molecule has 0 fully saturated rings. The average Bonchev–Trinajstić information content (AvgIpc) is 2.74. The van der Waals surface area contributed by atoms with E-state index in [9.17, 15) is 15.0 Å². The van der Waals surface area contributed by atoms with Crippen molar-refractivity contribution in [3.05, 3.63) is 76.9 Å². The molecule has 0 radical (unpaired) electrons. The van der Waals surface area contributed by atoms with Gasteiger partial charge in [-0.2, -0.15) is 0 Å². The van der Waals surface area contributed by atoms with E-state index in [1.165, 1.54) is 5.57 Å². The number of phenols is 2. The normalized spacial score (nSPS) is 18.2. The van der Waals surface area contributed by atoms with Crippen LogP contribution in [0.4, 0.5) is 5.69 Å². The molecule has 0 spiro atoms. The van der Waals surface area contributed by atoms with Crippen molar-refractivity contribution in [1.82, 2.24) is 0 Å². The number of nitrogens with one attached hydrogen (secondary N) is 1. The molecule has 170 valence electrons. The lowest BCUT2D eigenvalue weighted by Gasteiger charge is -2.32. The number of carbonyl (C=O) groups excluding carboxylic acids is 1. The van der Waals surface area contributed by atoms with Crippen LogP contribution in [0.15, 0.2) is 60.2 Å². The van der Waals surface area contributed by atoms with Gasteiger partial charge >= 0.3 is 0 Å². The van der Waals surface area contributed by atoms with Crippen molar-refractivity contribution < 1.29 is 15.0 Å². The van der Waals surface area contributed by atoms with E-state index in [-0.39, 0.29) is 34.8 Å². The molecule has 0 bridgehead atoms. The molecule has 3 N–H and O–H groups in total. The minimum absolute atomic E-state index is 0.0486. The van der Waals surface area contributed by atoms with Gasteiger partial charge in [0.05, 0.1) is 5.56 Å². The van der Waals surface area contributed by atoms with E-state index in [2.05, 4.69) is 31.8 Å². The van der Waals surface area contributed by atoms with Crippen LogP contribution >= 0.6 is 0 Å². The molecule has 1 aliphatic carbocycles. The standard InChI is InChI=1S/C28H35NO3/c1-5-6-8-11-20-17-24(30)26(23-16-19(4)14-15-22(23)18(2)3)27(31)25(20)28(32)29-21-12-9-7-10-13-21/h7,9-10,12-13,16-17,22-23,30-31H,2,5-6,8,11,14-15H2,1,3-4H3,(H,29,32). The smallest absolute Gasteiger partial charge is 0.259 e. The summed E-state index contributed by atoms with van der Waals surface area (Å²) in [4.78, 5) is 13.3. The summed E-state index contributed by atoms with van der Waals surface area (Å²) in [7, 11) is 0. The molecule has 0 aliphatic heterocycles. The predicted octanol–water partition coefficient (Wildman–Crippen LogP) is 7.10. The average molecular weight is 434 g/mol. The third kappa shape index (κ3) is 5.24. The van der Waals surface area contributed by atoms with Crippen molar-refractivity contribution in [3.63, 3.8) is 0 Å². The Hall–Kier alpha value is -3.01. The van der Waals surface area contributed by atoms with Gasteiger partial charge in [-0.1, -0.05) is 61.8 Å². The number of aromatic hydroxyl groups is 2. The second kappa shape index (κ2) is 10.5. The quantitative estimate of drug-likeness (QED) is 0.307. The van der Waals surface area contributed by atoms with Crippen molar-refractivity contribution >= 4 is 11.6 Å². The molecule has 32 heavy (non-hydrogen) atoms. The number of hydrogen-bond donors (Lipinski definition) is 3. The second-order valence-electron chi connectivity index (χ2n) is 9.00. The van der Waals surface area contributed by atoms with Gasteiger partial charge in [0.1, 0.15) is 11.5 Å². The van der Waals surface area contributed by atoms with Crippen LogP contribution in [0.25, 0.3) is 0 Å². The summed E-state index contributed by atoms with van der Waals surface area (Å²) in [6.45, 7) is 10.3. The van der Waals surface area contributed by atoms with Crippen LogP contribution in [0.2, 0.25) is 0 Å². The summed E-state index contributed by atoms with van der Waals surface area (Å²) >= 11 is 0. The highest BCUT2D eigenvalue weighted by atomic mass is 16.3. The number of para-hydroxylation sites is 1. The Morgan fingerprint density at radius 2 is 1.91 bits per heavy atom. The lowest BCUT2D eigenvalue weighted by atomic mass is 9.73. The van der Waals surface area contributed by atoms with Crippen LogP contribution < -0.4 is 5.32 Å². The first-order chi connectivity index (χ1) is 15.3. The Labute approximate surface area is 191 Å². The van der Waals surface area contributed by atoms with Gasteiger partial charge in [0.15, 0.2) is 0 Å². The highest BCUT2D eigenvalue weighted by molar-refractivity contribution is 6.07. The first kappa shape index (κ1) is 23.6. The summed E-state index contributed by atoms with van der Waals surface area (Å²) in [5, 5.41) is 25.3. The molecule has 4 heteroatoms. The maximum atomic E-state index is 13.3. The number of phenolic OH excluding ortho intramolecular Hbond substituents is 2. The summed E-state index contributed by atoms with van der Waals surface area (Å²) in [5.74, 6) is -0.537.